The third kappa shape index (κ3) is 4.50. The van der Waals surface area contributed by atoms with Gasteiger partial charge in [0, 0.05) is 10.9 Å². The highest BCUT2D eigenvalue weighted by atomic mass is 79.9. The summed E-state index contributed by atoms with van der Waals surface area (Å²) in [4.78, 5) is 11.3. The van der Waals surface area contributed by atoms with Gasteiger partial charge in [-0.25, -0.2) is 0 Å². The third-order valence-corrected chi connectivity index (χ3v) is 3.56. The van der Waals surface area contributed by atoms with Crippen LogP contribution >= 0.6 is 15.9 Å². The first-order valence-corrected chi connectivity index (χ1v) is 6.88. The molecule has 0 bridgehead atoms. The van der Waals surface area contributed by atoms with E-state index in [9.17, 15) is 4.79 Å². The predicted molar refractivity (Wildman–Crippen MR) is 73.0 cm³/mol. The summed E-state index contributed by atoms with van der Waals surface area (Å²) >= 11 is 3.56. The maximum absolute atomic E-state index is 11.3. The van der Waals surface area contributed by atoms with Crippen LogP contribution in [0.25, 0.3) is 0 Å². The molecule has 1 atom stereocenters. The zero-order valence-electron chi connectivity index (χ0n) is 10.4. The highest BCUT2D eigenvalue weighted by molar-refractivity contribution is 9.10. The van der Waals surface area contributed by atoms with Crippen molar-refractivity contribution in [1.82, 2.24) is 0 Å². The van der Waals surface area contributed by atoms with Gasteiger partial charge in [0.15, 0.2) is 0 Å². The molecule has 0 aromatic heterocycles. The van der Waals surface area contributed by atoms with E-state index in [-0.39, 0.29) is 5.97 Å². The SMILES string of the molecule is CCOC(=O)CCC(CC)c1ccccc1Br. The van der Waals surface area contributed by atoms with Crippen LogP contribution in [0.15, 0.2) is 28.7 Å². The van der Waals surface area contributed by atoms with Crippen LogP contribution in [0.4, 0.5) is 0 Å². The van der Waals surface area contributed by atoms with Gasteiger partial charge in [-0.05, 0) is 37.3 Å². The topological polar surface area (TPSA) is 26.3 Å². The Balaban J connectivity index is 2.60. The lowest BCUT2D eigenvalue weighted by Crippen LogP contribution is -2.07. The lowest BCUT2D eigenvalue weighted by molar-refractivity contribution is -0.143. The largest absolute Gasteiger partial charge is 0.466 e. The molecule has 0 radical (unpaired) electrons. The molecular formula is C14H19BrO2. The number of hydrogen-bond donors (Lipinski definition) is 0. The molecule has 0 heterocycles. The molecule has 0 saturated heterocycles. The molecule has 3 heteroatoms. The second kappa shape index (κ2) is 7.49. The average Bonchev–Trinajstić information content (AvgIpc) is 2.32. The van der Waals surface area contributed by atoms with E-state index in [1.807, 2.05) is 25.1 Å². The zero-order valence-corrected chi connectivity index (χ0v) is 12.0. The van der Waals surface area contributed by atoms with E-state index in [0.717, 1.165) is 17.3 Å². The third-order valence-electron chi connectivity index (χ3n) is 2.84. The minimum atomic E-state index is -0.0991. The minimum absolute atomic E-state index is 0.0991. The quantitative estimate of drug-likeness (QED) is 0.733. The molecule has 0 amide bonds. The lowest BCUT2D eigenvalue weighted by atomic mass is 9.92. The van der Waals surface area contributed by atoms with Crippen molar-refractivity contribution in [2.24, 2.45) is 0 Å². The van der Waals surface area contributed by atoms with Crippen molar-refractivity contribution >= 4 is 21.9 Å². The van der Waals surface area contributed by atoms with Gasteiger partial charge in [0.2, 0.25) is 0 Å². The highest BCUT2D eigenvalue weighted by Crippen LogP contribution is 2.30. The Morgan fingerprint density at radius 3 is 2.65 bits per heavy atom. The summed E-state index contributed by atoms with van der Waals surface area (Å²) in [5, 5.41) is 0. The molecule has 0 aliphatic carbocycles. The molecule has 1 rings (SSSR count). The van der Waals surface area contributed by atoms with Gasteiger partial charge in [0.1, 0.15) is 0 Å². The predicted octanol–water partition coefficient (Wildman–Crippen LogP) is 4.29. The van der Waals surface area contributed by atoms with Crippen molar-refractivity contribution in [3.05, 3.63) is 34.3 Å². The summed E-state index contributed by atoms with van der Waals surface area (Å²) in [5.74, 6) is 0.313. The van der Waals surface area contributed by atoms with E-state index >= 15 is 0 Å². The van der Waals surface area contributed by atoms with Crippen LogP contribution < -0.4 is 0 Å². The minimum Gasteiger partial charge on any atom is -0.466 e. The number of ether oxygens (including phenoxy) is 1. The van der Waals surface area contributed by atoms with Crippen LogP contribution in [0, 0.1) is 0 Å². The van der Waals surface area contributed by atoms with Crippen LogP contribution in [-0.2, 0) is 9.53 Å². The van der Waals surface area contributed by atoms with Gasteiger partial charge >= 0.3 is 5.97 Å². The van der Waals surface area contributed by atoms with E-state index < -0.39 is 0 Å². The molecular weight excluding hydrogens is 280 g/mol. The van der Waals surface area contributed by atoms with Crippen molar-refractivity contribution < 1.29 is 9.53 Å². The smallest absolute Gasteiger partial charge is 0.305 e. The Kier molecular flexibility index (Phi) is 6.27. The summed E-state index contributed by atoms with van der Waals surface area (Å²) in [5.41, 5.74) is 1.28. The number of carbonyl (C=O) groups excluding carboxylic acids is 1. The first kappa shape index (κ1) is 14.2. The Bertz CT molecular complexity index is 363. The number of esters is 1. The van der Waals surface area contributed by atoms with E-state index in [1.54, 1.807) is 0 Å². The fourth-order valence-electron chi connectivity index (χ4n) is 1.91. The molecule has 1 aromatic rings. The van der Waals surface area contributed by atoms with Crippen LogP contribution in [0.5, 0.6) is 0 Å². The first-order valence-electron chi connectivity index (χ1n) is 6.09. The molecule has 0 saturated carbocycles. The number of benzene rings is 1. The van der Waals surface area contributed by atoms with Crippen LogP contribution in [0.2, 0.25) is 0 Å². The molecule has 0 N–H and O–H groups in total. The normalized spacial score (nSPS) is 12.2. The van der Waals surface area contributed by atoms with Gasteiger partial charge < -0.3 is 4.74 Å². The molecule has 17 heavy (non-hydrogen) atoms. The summed E-state index contributed by atoms with van der Waals surface area (Å²) in [6, 6.07) is 8.20. The monoisotopic (exact) mass is 298 g/mol. The number of halogens is 1. The van der Waals surface area contributed by atoms with Gasteiger partial charge in [-0.1, -0.05) is 41.1 Å². The summed E-state index contributed by atoms with van der Waals surface area (Å²) in [7, 11) is 0. The van der Waals surface area contributed by atoms with E-state index in [4.69, 9.17) is 4.74 Å². The van der Waals surface area contributed by atoms with E-state index in [1.165, 1.54) is 5.56 Å². The van der Waals surface area contributed by atoms with Gasteiger partial charge in [-0.3, -0.25) is 4.79 Å². The van der Waals surface area contributed by atoms with Gasteiger partial charge in [-0.15, -0.1) is 0 Å². The maximum Gasteiger partial charge on any atom is 0.305 e. The number of carbonyl (C=O) groups is 1. The fraction of sp³-hybridized carbons (Fsp3) is 0.500. The number of rotatable bonds is 6. The van der Waals surface area contributed by atoms with Crippen molar-refractivity contribution in [2.75, 3.05) is 6.61 Å². The van der Waals surface area contributed by atoms with Crippen molar-refractivity contribution in [3.8, 4) is 0 Å². The molecule has 1 unspecified atom stereocenters. The van der Waals surface area contributed by atoms with Gasteiger partial charge in [-0.2, -0.15) is 0 Å². The van der Waals surface area contributed by atoms with E-state index in [2.05, 4.69) is 28.9 Å². The molecule has 0 fully saturated rings. The Hall–Kier alpha value is -0.830. The first-order chi connectivity index (χ1) is 8.19. The van der Waals surface area contributed by atoms with Crippen molar-refractivity contribution in [2.45, 2.75) is 39.0 Å². The fourth-order valence-corrected chi connectivity index (χ4v) is 2.52. The molecule has 0 aliphatic heterocycles. The van der Waals surface area contributed by atoms with Gasteiger partial charge in [0.05, 0.1) is 6.61 Å². The van der Waals surface area contributed by atoms with Crippen molar-refractivity contribution in [3.63, 3.8) is 0 Å². The Morgan fingerprint density at radius 2 is 2.06 bits per heavy atom. The Labute approximate surface area is 111 Å². The molecule has 94 valence electrons. The second-order valence-electron chi connectivity index (χ2n) is 3.97. The second-order valence-corrected chi connectivity index (χ2v) is 4.82. The lowest BCUT2D eigenvalue weighted by Gasteiger charge is -2.16. The molecule has 0 aliphatic rings. The maximum atomic E-state index is 11.3. The van der Waals surface area contributed by atoms with Crippen LogP contribution in [0.3, 0.4) is 0 Å². The molecule has 2 nitrogen and oxygen atoms in total. The summed E-state index contributed by atoms with van der Waals surface area (Å²) < 4.78 is 6.07. The zero-order chi connectivity index (χ0) is 12.7. The van der Waals surface area contributed by atoms with Gasteiger partial charge in [0.25, 0.3) is 0 Å². The Morgan fingerprint density at radius 1 is 1.35 bits per heavy atom. The highest BCUT2D eigenvalue weighted by Gasteiger charge is 2.14. The van der Waals surface area contributed by atoms with Crippen molar-refractivity contribution in [1.29, 1.82) is 0 Å². The van der Waals surface area contributed by atoms with Crippen LogP contribution in [-0.4, -0.2) is 12.6 Å². The summed E-state index contributed by atoms with van der Waals surface area (Å²) in [6.07, 6.45) is 2.37. The van der Waals surface area contributed by atoms with E-state index in [0.29, 0.717) is 18.9 Å². The molecule has 1 aromatic carbocycles. The standard InChI is InChI=1S/C14H19BrO2/c1-3-11(9-10-14(16)17-4-2)12-7-5-6-8-13(12)15/h5-8,11H,3-4,9-10H2,1-2H3. The number of hydrogen-bond acceptors (Lipinski definition) is 2. The average molecular weight is 299 g/mol. The van der Waals surface area contributed by atoms with Crippen LogP contribution in [0.1, 0.15) is 44.6 Å². The molecule has 0 spiro atoms. The summed E-state index contributed by atoms with van der Waals surface area (Å²) in [6.45, 7) is 4.45.